The second kappa shape index (κ2) is 7.20. The van der Waals surface area contributed by atoms with E-state index in [2.05, 4.69) is 25.5 Å². The van der Waals surface area contributed by atoms with E-state index in [0.717, 1.165) is 18.7 Å². The standard InChI is InChI=1S/C18H23ClN6O3/c1-11-9-24(6-7-25(11)14-8-13(19)20-10-21-14)15(26)4-5-18(12-2-3-12)16(27)22-17(28)23-18/h8,10-12H,2-7,9H2,1H3,(H2,22,23,27,28)/t11-,18?/m0/s1. The number of anilines is 1. The molecule has 3 heterocycles. The van der Waals surface area contributed by atoms with E-state index in [-0.39, 0.29) is 30.2 Å². The third-order valence-corrected chi connectivity index (χ3v) is 6.08. The molecular formula is C18H23ClN6O3. The van der Waals surface area contributed by atoms with Gasteiger partial charge in [-0.2, -0.15) is 0 Å². The lowest BCUT2D eigenvalue weighted by atomic mass is 9.87. The quantitative estimate of drug-likeness (QED) is 0.556. The molecule has 2 aliphatic heterocycles. The number of halogens is 1. The number of hydrogen-bond acceptors (Lipinski definition) is 6. The highest BCUT2D eigenvalue weighted by atomic mass is 35.5. The molecular weight excluding hydrogens is 384 g/mol. The topological polar surface area (TPSA) is 108 Å². The van der Waals surface area contributed by atoms with Crippen LogP contribution in [0.15, 0.2) is 12.4 Å². The van der Waals surface area contributed by atoms with Gasteiger partial charge in [0.05, 0.1) is 0 Å². The molecule has 1 aromatic heterocycles. The maximum Gasteiger partial charge on any atom is 0.322 e. The van der Waals surface area contributed by atoms with E-state index in [1.165, 1.54) is 6.33 Å². The minimum atomic E-state index is -0.919. The van der Waals surface area contributed by atoms with Gasteiger partial charge >= 0.3 is 6.03 Å². The number of nitrogens with one attached hydrogen (secondary N) is 2. The van der Waals surface area contributed by atoms with Gasteiger partial charge in [0.25, 0.3) is 5.91 Å². The van der Waals surface area contributed by atoms with E-state index in [0.29, 0.717) is 31.2 Å². The fourth-order valence-corrected chi connectivity index (χ4v) is 4.36. The summed E-state index contributed by atoms with van der Waals surface area (Å²) >= 11 is 5.96. The molecule has 3 fully saturated rings. The van der Waals surface area contributed by atoms with Crippen molar-refractivity contribution in [3.63, 3.8) is 0 Å². The van der Waals surface area contributed by atoms with Crippen LogP contribution >= 0.6 is 11.6 Å². The van der Waals surface area contributed by atoms with Crippen molar-refractivity contribution in [2.75, 3.05) is 24.5 Å². The number of hydrogen-bond donors (Lipinski definition) is 2. The summed E-state index contributed by atoms with van der Waals surface area (Å²) in [5.41, 5.74) is -0.919. The molecule has 2 atom stereocenters. The summed E-state index contributed by atoms with van der Waals surface area (Å²) in [6.45, 7) is 3.81. The third-order valence-electron chi connectivity index (χ3n) is 5.87. The fraction of sp³-hybridized carbons (Fsp3) is 0.611. The molecule has 9 nitrogen and oxygen atoms in total. The Bertz CT molecular complexity index is 816. The van der Waals surface area contributed by atoms with Crippen molar-refractivity contribution in [2.45, 2.75) is 44.2 Å². The van der Waals surface area contributed by atoms with Crippen molar-refractivity contribution in [3.05, 3.63) is 17.5 Å². The number of imide groups is 1. The SMILES string of the molecule is C[C@H]1CN(C(=O)CCC2(C3CC3)NC(=O)NC2=O)CCN1c1cc(Cl)ncn1. The summed E-state index contributed by atoms with van der Waals surface area (Å²) in [5.74, 6) is 0.579. The lowest BCUT2D eigenvalue weighted by molar-refractivity contribution is -0.133. The number of amides is 4. The Kier molecular flexibility index (Phi) is 4.86. The molecule has 1 unspecified atom stereocenters. The van der Waals surface area contributed by atoms with Gasteiger partial charge < -0.3 is 15.1 Å². The Morgan fingerprint density at radius 1 is 1.32 bits per heavy atom. The number of urea groups is 1. The van der Waals surface area contributed by atoms with E-state index in [1.807, 2.05) is 11.8 Å². The van der Waals surface area contributed by atoms with Gasteiger partial charge in [-0.15, -0.1) is 0 Å². The van der Waals surface area contributed by atoms with E-state index >= 15 is 0 Å². The summed E-state index contributed by atoms with van der Waals surface area (Å²) < 4.78 is 0. The minimum Gasteiger partial charge on any atom is -0.350 e. The lowest BCUT2D eigenvalue weighted by Crippen LogP contribution is -2.55. The molecule has 0 spiro atoms. The predicted molar refractivity (Wildman–Crippen MR) is 102 cm³/mol. The highest BCUT2D eigenvalue weighted by molar-refractivity contribution is 6.29. The van der Waals surface area contributed by atoms with Gasteiger partial charge in [-0.1, -0.05) is 11.6 Å². The van der Waals surface area contributed by atoms with Crippen LogP contribution in [-0.4, -0.2) is 63.9 Å². The molecule has 2 N–H and O–H groups in total. The minimum absolute atomic E-state index is 0.00111. The third kappa shape index (κ3) is 3.50. The van der Waals surface area contributed by atoms with Crippen molar-refractivity contribution in [1.82, 2.24) is 25.5 Å². The zero-order chi connectivity index (χ0) is 19.9. The smallest absolute Gasteiger partial charge is 0.322 e. The molecule has 1 aliphatic carbocycles. The molecule has 0 aromatic carbocycles. The normalized spacial score (nSPS) is 27.6. The zero-order valence-corrected chi connectivity index (χ0v) is 16.4. The molecule has 10 heteroatoms. The van der Waals surface area contributed by atoms with Crippen LogP contribution < -0.4 is 15.5 Å². The van der Waals surface area contributed by atoms with Gasteiger partial charge in [0, 0.05) is 38.2 Å². The number of carbonyl (C=O) groups excluding carboxylic acids is 3. The number of piperazine rings is 1. The van der Waals surface area contributed by atoms with Crippen molar-refractivity contribution >= 4 is 35.3 Å². The summed E-state index contributed by atoms with van der Waals surface area (Å²) in [6, 6.07) is 1.33. The molecule has 1 saturated carbocycles. The predicted octanol–water partition coefficient (Wildman–Crippen LogP) is 0.936. The summed E-state index contributed by atoms with van der Waals surface area (Å²) in [4.78, 5) is 48.8. The van der Waals surface area contributed by atoms with E-state index in [1.54, 1.807) is 6.07 Å². The highest BCUT2D eigenvalue weighted by Gasteiger charge is 2.55. The van der Waals surface area contributed by atoms with E-state index < -0.39 is 11.6 Å². The Morgan fingerprint density at radius 3 is 2.71 bits per heavy atom. The van der Waals surface area contributed by atoms with Crippen molar-refractivity contribution in [1.29, 1.82) is 0 Å². The van der Waals surface area contributed by atoms with Crippen LogP contribution in [0.5, 0.6) is 0 Å². The van der Waals surface area contributed by atoms with Crippen molar-refractivity contribution < 1.29 is 14.4 Å². The molecule has 0 bridgehead atoms. The first kappa shape index (κ1) is 18.9. The van der Waals surface area contributed by atoms with E-state index in [4.69, 9.17) is 11.6 Å². The van der Waals surface area contributed by atoms with Crippen molar-refractivity contribution in [3.8, 4) is 0 Å². The van der Waals surface area contributed by atoms with Crippen LogP contribution in [0.3, 0.4) is 0 Å². The highest BCUT2D eigenvalue weighted by Crippen LogP contribution is 2.43. The van der Waals surface area contributed by atoms with Crippen LogP contribution in [0.25, 0.3) is 0 Å². The van der Waals surface area contributed by atoms with Crippen LogP contribution in [-0.2, 0) is 9.59 Å². The first-order valence-electron chi connectivity index (χ1n) is 9.54. The van der Waals surface area contributed by atoms with Crippen molar-refractivity contribution in [2.24, 2.45) is 5.92 Å². The maximum atomic E-state index is 12.8. The molecule has 4 rings (SSSR count). The van der Waals surface area contributed by atoms with E-state index in [9.17, 15) is 14.4 Å². The van der Waals surface area contributed by atoms with Gasteiger partial charge in [-0.3, -0.25) is 14.9 Å². The Morgan fingerprint density at radius 2 is 2.11 bits per heavy atom. The van der Waals surface area contributed by atoms with Crippen LogP contribution in [0.1, 0.15) is 32.6 Å². The average molecular weight is 407 g/mol. The van der Waals surface area contributed by atoms with Gasteiger partial charge in [-0.05, 0) is 32.1 Å². The Hall–Kier alpha value is -2.42. The second-order valence-electron chi connectivity index (χ2n) is 7.73. The molecule has 3 aliphatic rings. The maximum absolute atomic E-state index is 12.8. The molecule has 4 amide bonds. The molecule has 2 saturated heterocycles. The van der Waals surface area contributed by atoms with Gasteiger partial charge in [0.2, 0.25) is 5.91 Å². The van der Waals surface area contributed by atoms with Crippen LogP contribution in [0, 0.1) is 5.92 Å². The number of nitrogens with zero attached hydrogens (tertiary/aromatic N) is 4. The number of rotatable bonds is 5. The zero-order valence-electron chi connectivity index (χ0n) is 15.7. The largest absolute Gasteiger partial charge is 0.350 e. The lowest BCUT2D eigenvalue weighted by Gasteiger charge is -2.40. The van der Waals surface area contributed by atoms with Crippen LogP contribution in [0.4, 0.5) is 10.6 Å². The fourth-order valence-electron chi connectivity index (χ4n) is 4.22. The van der Waals surface area contributed by atoms with Gasteiger partial charge in [0.1, 0.15) is 22.8 Å². The summed E-state index contributed by atoms with van der Waals surface area (Å²) in [5, 5.41) is 5.49. The van der Waals surface area contributed by atoms with Gasteiger partial charge in [-0.25, -0.2) is 14.8 Å². The monoisotopic (exact) mass is 406 g/mol. The second-order valence-corrected chi connectivity index (χ2v) is 8.12. The Balaban J connectivity index is 1.36. The van der Waals surface area contributed by atoms with Gasteiger partial charge in [0.15, 0.2) is 0 Å². The molecule has 0 radical (unpaired) electrons. The first-order chi connectivity index (χ1) is 13.4. The Labute approximate surface area is 167 Å². The molecule has 28 heavy (non-hydrogen) atoms. The summed E-state index contributed by atoms with van der Waals surface area (Å²) in [7, 11) is 0. The van der Waals surface area contributed by atoms with Crippen LogP contribution in [0.2, 0.25) is 5.15 Å². The number of carbonyl (C=O) groups is 3. The first-order valence-corrected chi connectivity index (χ1v) is 9.92. The average Bonchev–Trinajstić information content (AvgIpc) is 3.46. The molecule has 150 valence electrons. The number of aromatic nitrogens is 2. The molecule has 1 aromatic rings. The summed E-state index contributed by atoms with van der Waals surface area (Å²) in [6.07, 6.45) is 3.80.